The van der Waals surface area contributed by atoms with Crippen molar-refractivity contribution >= 4 is 5.78 Å². The zero-order valence-corrected chi connectivity index (χ0v) is 10.1. The van der Waals surface area contributed by atoms with E-state index in [0.29, 0.717) is 18.3 Å². The smallest absolute Gasteiger partial charge is 0.188 e. The van der Waals surface area contributed by atoms with E-state index in [1.54, 1.807) is 12.1 Å². The summed E-state index contributed by atoms with van der Waals surface area (Å²) < 4.78 is 10.8. The molecule has 0 saturated heterocycles. The maximum atomic E-state index is 11.7. The summed E-state index contributed by atoms with van der Waals surface area (Å²) in [6.45, 7) is 2.82. The first kappa shape index (κ1) is 12.1. The van der Waals surface area contributed by atoms with Gasteiger partial charge in [-0.2, -0.15) is 0 Å². The normalized spacial score (nSPS) is 14.6. The predicted octanol–water partition coefficient (Wildman–Crippen LogP) is 2.84. The molecule has 0 radical (unpaired) electrons. The number of carbonyl (C=O) groups is 1. The van der Waals surface area contributed by atoms with Crippen molar-refractivity contribution in [3.8, 4) is 5.75 Å². The average molecular weight is 234 g/mol. The van der Waals surface area contributed by atoms with Crippen molar-refractivity contribution in [2.45, 2.75) is 32.3 Å². The molecule has 1 fully saturated rings. The van der Waals surface area contributed by atoms with Crippen molar-refractivity contribution < 1.29 is 14.3 Å². The van der Waals surface area contributed by atoms with Crippen molar-refractivity contribution in [1.29, 1.82) is 0 Å². The Kier molecular flexibility index (Phi) is 4.15. The Morgan fingerprint density at radius 1 is 1.29 bits per heavy atom. The van der Waals surface area contributed by atoms with Gasteiger partial charge in [0.1, 0.15) is 12.4 Å². The van der Waals surface area contributed by atoms with Gasteiger partial charge >= 0.3 is 0 Å². The van der Waals surface area contributed by atoms with Crippen molar-refractivity contribution in [2.75, 3.05) is 13.2 Å². The molecule has 0 spiro atoms. The molecule has 0 bridgehead atoms. The van der Waals surface area contributed by atoms with Crippen molar-refractivity contribution in [1.82, 2.24) is 0 Å². The molecular formula is C14H18O3. The lowest BCUT2D eigenvalue weighted by Gasteiger charge is -2.05. The molecule has 0 heterocycles. The number of carbonyl (C=O) groups excluding carboxylic acids is 1. The van der Waals surface area contributed by atoms with Crippen molar-refractivity contribution in [3.05, 3.63) is 29.8 Å². The van der Waals surface area contributed by atoms with E-state index in [0.717, 1.165) is 25.0 Å². The highest BCUT2D eigenvalue weighted by atomic mass is 16.5. The molecule has 1 aliphatic carbocycles. The van der Waals surface area contributed by atoms with Crippen LogP contribution < -0.4 is 4.74 Å². The van der Waals surface area contributed by atoms with Gasteiger partial charge < -0.3 is 9.47 Å². The lowest BCUT2D eigenvalue weighted by molar-refractivity contribution is 0.0761. The Bertz CT molecular complexity index is 366. The van der Waals surface area contributed by atoms with Crippen LogP contribution in [0.15, 0.2) is 24.3 Å². The highest BCUT2D eigenvalue weighted by Gasteiger charge is 2.23. The fourth-order valence-corrected chi connectivity index (χ4v) is 1.49. The first-order valence-electron chi connectivity index (χ1n) is 6.17. The van der Waals surface area contributed by atoms with Gasteiger partial charge in [-0.3, -0.25) is 4.79 Å². The lowest BCUT2D eigenvalue weighted by atomic mass is 10.1. The zero-order valence-electron chi connectivity index (χ0n) is 10.1. The number of hydrogen-bond donors (Lipinski definition) is 0. The number of benzene rings is 1. The van der Waals surface area contributed by atoms with E-state index in [-0.39, 0.29) is 12.4 Å². The first-order chi connectivity index (χ1) is 8.29. The SMILES string of the molecule is CCCOCC(=O)c1ccc(OC2CC2)cc1. The average Bonchev–Trinajstić information content (AvgIpc) is 3.14. The molecule has 0 unspecified atom stereocenters. The van der Waals surface area contributed by atoms with E-state index >= 15 is 0 Å². The molecule has 1 saturated carbocycles. The summed E-state index contributed by atoms with van der Waals surface area (Å²) in [6, 6.07) is 7.31. The summed E-state index contributed by atoms with van der Waals surface area (Å²) in [4.78, 5) is 11.7. The van der Waals surface area contributed by atoms with Gasteiger partial charge in [-0.15, -0.1) is 0 Å². The minimum atomic E-state index is 0.0245. The van der Waals surface area contributed by atoms with E-state index in [1.165, 1.54) is 0 Å². The quantitative estimate of drug-likeness (QED) is 0.537. The Morgan fingerprint density at radius 3 is 2.59 bits per heavy atom. The second-order valence-electron chi connectivity index (χ2n) is 4.32. The van der Waals surface area contributed by atoms with Gasteiger partial charge in [-0.25, -0.2) is 0 Å². The fraction of sp³-hybridized carbons (Fsp3) is 0.500. The van der Waals surface area contributed by atoms with Gasteiger partial charge in [0.05, 0.1) is 6.10 Å². The first-order valence-corrected chi connectivity index (χ1v) is 6.17. The molecule has 1 aliphatic rings. The van der Waals surface area contributed by atoms with Crippen LogP contribution in [0, 0.1) is 0 Å². The van der Waals surface area contributed by atoms with Crippen LogP contribution in [0.2, 0.25) is 0 Å². The molecule has 3 heteroatoms. The summed E-state index contributed by atoms with van der Waals surface area (Å²) in [7, 11) is 0. The zero-order chi connectivity index (χ0) is 12.1. The van der Waals surface area contributed by atoms with Crippen LogP contribution in [0.1, 0.15) is 36.5 Å². The molecule has 3 nitrogen and oxygen atoms in total. The number of Topliss-reactive ketones (excluding diaryl/α,β-unsaturated/α-hetero) is 1. The molecule has 2 rings (SSSR count). The molecule has 1 aromatic carbocycles. The number of ketones is 1. The summed E-state index contributed by atoms with van der Waals surface area (Å²) >= 11 is 0. The van der Waals surface area contributed by atoms with Gasteiger partial charge in [0.15, 0.2) is 5.78 Å². The number of rotatable bonds is 7. The molecule has 0 N–H and O–H groups in total. The number of ether oxygens (including phenoxy) is 2. The number of hydrogen-bond acceptors (Lipinski definition) is 3. The van der Waals surface area contributed by atoms with Gasteiger partial charge in [0.25, 0.3) is 0 Å². The second-order valence-corrected chi connectivity index (χ2v) is 4.32. The molecule has 1 aromatic rings. The molecule has 0 atom stereocenters. The fourth-order valence-electron chi connectivity index (χ4n) is 1.49. The molecule has 92 valence electrons. The predicted molar refractivity (Wildman–Crippen MR) is 65.5 cm³/mol. The van der Waals surface area contributed by atoms with Crippen LogP contribution in [0.5, 0.6) is 5.75 Å². The molecule has 0 aliphatic heterocycles. The van der Waals surface area contributed by atoms with E-state index in [2.05, 4.69) is 0 Å². The third-order valence-corrected chi connectivity index (χ3v) is 2.59. The maximum Gasteiger partial charge on any atom is 0.188 e. The third kappa shape index (κ3) is 3.86. The topological polar surface area (TPSA) is 35.5 Å². The van der Waals surface area contributed by atoms with Crippen molar-refractivity contribution in [3.63, 3.8) is 0 Å². The summed E-state index contributed by atoms with van der Waals surface area (Å²) in [5.41, 5.74) is 0.684. The lowest BCUT2D eigenvalue weighted by Crippen LogP contribution is -2.09. The van der Waals surface area contributed by atoms with Gasteiger partial charge in [0.2, 0.25) is 0 Å². The van der Waals surface area contributed by atoms with Gasteiger partial charge in [-0.1, -0.05) is 6.92 Å². The monoisotopic (exact) mass is 234 g/mol. The molecule has 17 heavy (non-hydrogen) atoms. The Morgan fingerprint density at radius 2 is 2.00 bits per heavy atom. The van der Waals surface area contributed by atoms with E-state index in [1.807, 2.05) is 19.1 Å². The highest BCUT2D eigenvalue weighted by molar-refractivity contribution is 5.97. The van der Waals surface area contributed by atoms with E-state index in [4.69, 9.17) is 9.47 Å². The summed E-state index contributed by atoms with van der Waals surface area (Å²) in [5.74, 6) is 0.870. The van der Waals surface area contributed by atoms with Crippen LogP contribution in [-0.2, 0) is 4.74 Å². The maximum absolute atomic E-state index is 11.7. The third-order valence-electron chi connectivity index (χ3n) is 2.59. The van der Waals surface area contributed by atoms with Crippen molar-refractivity contribution in [2.24, 2.45) is 0 Å². The Balaban J connectivity index is 1.85. The summed E-state index contributed by atoms with van der Waals surface area (Å²) in [6.07, 6.45) is 3.61. The molecule has 0 amide bonds. The van der Waals surface area contributed by atoms with Crippen LogP contribution >= 0.6 is 0 Å². The van der Waals surface area contributed by atoms with Gasteiger partial charge in [-0.05, 0) is 43.5 Å². The van der Waals surface area contributed by atoms with Crippen LogP contribution in [0.4, 0.5) is 0 Å². The largest absolute Gasteiger partial charge is 0.490 e. The van der Waals surface area contributed by atoms with E-state index in [9.17, 15) is 4.79 Å². The minimum absolute atomic E-state index is 0.0245. The van der Waals surface area contributed by atoms with Crippen LogP contribution in [0.3, 0.4) is 0 Å². The minimum Gasteiger partial charge on any atom is -0.490 e. The second kappa shape index (κ2) is 5.82. The highest BCUT2D eigenvalue weighted by Crippen LogP contribution is 2.26. The van der Waals surface area contributed by atoms with Crippen LogP contribution in [0.25, 0.3) is 0 Å². The Hall–Kier alpha value is -1.35. The Labute approximate surface area is 102 Å². The van der Waals surface area contributed by atoms with E-state index < -0.39 is 0 Å². The van der Waals surface area contributed by atoms with Gasteiger partial charge in [0, 0.05) is 12.2 Å². The standard InChI is InChI=1S/C14H18O3/c1-2-9-16-10-14(15)11-3-5-12(6-4-11)17-13-7-8-13/h3-6,13H,2,7-10H2,1H3. The van der Waals surface area contributed by atoms with Crippen LogP contribution in [-0.4, -0.2) is 25.1 Å². The summed E-state index contributed by atoms with van der Waals surface area (Å²) in [5, 5.41) is 0. The molecule has 0 aromatic heterocycles. The molecular weight excluding hydrogens is 216 g/mol.